The van der Waals surface area contributed by atoms with Crippen LogP contribution in [0.3, 0.4) is 0 Å². The fourth-order valence-corrected chi connectivity index (χ4v) is 2.78. The van der Waals surface area contributed by atoms with Gasteiger partial charge in [0, 0.05) is 13.6 Å². The number of para-hydroxylation sites is 2. The van der Waals surface area contributed by atoms with E-state index < -0.39 is 0 Å². The minimum atomic E-state index is 0.0765. The number of rotatable bonds is 4. The van der Waals surface area contributed by atoms with E-state index in [0.717, 1.165) is 23.3 Å². The van der Waals surface area contributed by atoms with Crippen molar-refractivity contribution in [1.82, 2.24) is 24.6 Å². The Morgan fingerprint density at radius 1 is 1.35 bits per heavy atom. The summed E-state index contributed by atoms with van der Waals surface area (Å²) < 4.78 is 3.93. The van der Waals surface area contributed by atoms with E-state index in [1.54, 1.807) is 6.20 Å². The van der Waals surface area contributed by atoms with Crippen LogP contribution in [0.4, 0.5) is 0 Å². The van der Waals surface area contributed by atoms with Gasteiger partial charge in [0.1, 0.15) is 0 Å². The van der Waals surface area contributed by atoms with Gasteiger partial charge in [-0.1, -0.05) is 23.7 Å². The SMILES string of the molecule is CNC(Cn1cnc2ccccc21)c1c(Cl)cnn1C. The van der Waals surface area contributed by atoms with E-state index in [0.29, 0.717) is 5.02 Å². The molecule has 0 radical (unpaired) electrons. The van der Waals surface area contributed by atoms with Crippen LogP contribution in [-0.2, 0) is 13.6 Å². The first-order chi connectivity index (χ1) is 9.70. The van der Waals surface area contributed by atoms with Gasteiger partial charge in [-0.25, -0.2) is 4.98 Å². The molecule has 1 aromatic carbocycles. The van der Waals surface area contributed by atoms with E-state index in [4.69, 9.17) is 11.6 Å². The molecule has 1 atom stereocenters. The second kappa shape index (κ2) is 5.26. The predicted octanol–water partition coefficient (Wildman–Crippen LogP) is 2.38. The van der Waals surface area contributed by atoms with Crippen molar-refractivity contribution in [3.05, 3.63) is 47.5 Å². The summed E-state index contributed by atoms with van der Waals surface area (Å²) in [6.07, 6.45) is 3.53. The molecule has 2 heterocycles. The molecule has 104 valence electrons. The second-order valence-electron chi connectivity index (χ2n) is 4.73. The van der Waals surface area contributed by atoms with Crippen molar-refractivity contribution in [3.63, 3.8) is 0 Å². The number of nitrogens with zero attached hydrogens (tertiary/aromatic N) is 4. The number of aryl methyl sites for hydroxylation is 1. The van der Waals surface area contributed by atoms with Crippen LogP contribution in [0.15, 0.2) is 36.8 Å². The molecule has 5 nitrogen and oxygen atoms in total. The van der Waals surface area contributed by atoms with Crippen molar-refractivity contribution in [3.8, 4) is 0 Å². The van der Waals surface area contributed by atoms with Crippen molar-refractivity contribution in [2.75, 3.05) is 7.05 Å². The summed E-state index contributed by atoms with van der Waals surface area (Å²) in [6, 6.07) is 8.17. The average Bonchev–Trinajstić information content (AvgIpc) is 3.01. The third-order valence-corrected chi connectivity index (χ3v) is 3.81. The maximum Gasteiger partial charge on any atom is 0.0958 e. The average molecular weight is 290 g/mol. The van der Waals surface area contributed by atoms with Crippen LogP contribution < -0.4 is 5.32 Å². The first kappa shape index (κ1) is 13.1. The lowest BCUT2D eigenvalue weighted by Gasteiger charge is -2.18. The monoisotopic (exact) mass is 289 g/mol. The number of halogens is 1. The molecular weight excluding hydrogens is 274 g/mol. The van der Waals surface area contributed by atoms with Crippen molar-refractivity contribution < 1.29 is 0 Å². The number of likely N-dealkylation sites (N-methyl/N-ethyl adjacent to an activating group) is 1. The smallest absolute Gasteiger partial charge is 0.0958 e. The molecule has 1 N–H and O–H groups in total. The van der Waals surface area contributed by atoms with Gasteiger partial charge in [-0.05, 0) is 19.2 Å². The molecule has 2 aromatic heterocycles. The molecule has 0 aliphatic rings. The summed E-state index contributed by atoms with van der Waals surface area (Å²) in [6.45, 7) is 0.746. The zero-order valence-electron chi connectivity index (χ0n) is 11.4. The third-order valence-electron chi connectivity index (χ3n) is 3.52. The van der Waals surface area contributed by atoms with Gasteiger partial charge in [-0.3, -0.25) is 4.68 Å². The molecule has 0 fully saturated rings. The fraction of sp³-hybridized carbons (Fsp3) is 0.286. The number of hydrogen-bond acceptors (Lipinski definition) is 3. The highest BCUT2D eigenvalue weighted by Crippen LogP contribution is 2.24. The molecule has 3 rings (SSSR count). The largest absolute Gasteiger partial charge is 0.329 e. The van der Waals surface area contributed by atoms with Gasteiger partial charge in [-0.15, -0.1) is 0 Å². The minimum absolute atomic E-state index is 0.0765. The van der Waals surface area contributed by atoms with Gasteiger partial charge in [-0.2, -0.15) is 5.10 Å². The number of hydrogen-bond donors (Lipinski definition) is 1. The van der Waals surface area contributed by atoms with Crippen LogP contribution in [-0.4, -0.2) is 26.4 Å². The summed E-state index contributed by atoms with van der Waals surface area (Å²) >= 11 is 6.23. The number of aromatic nitrogens is 4. The molecule has 0 bridgehead atoms. The lowest BCUT2D eigenvalue weighted by Crippen LogP contribution is -2.24. The van der Waals surface area contributed by atoms with Crippen LogP contribution >= 0.6 is 11.6 Å². The zero-order chi connectivity index (χ0) is 14.1. The fourth-order valence-electron chi connectivity index (χ4n) is 2.48. The van der Waals surface area contributed by atoms with Gasteiger partial charge >= 0.3 is 0 Å². The van der Waals surface area contributed by atoms with E-state index in [2.05, 4.69) is 26.0 Å². The molecule has 0 amide bonds. The van der Waals surface area contributed by atoms with Gasteiger partial charge in [0.15, 0.2) is 0 Å². The van der Waals surface area contributed by atoms with Crippen molar-refractivity contribution in [2.45, 2.75) is 12.6 Å². The second-order valence-corrected chi connectivity index (χ2v) is 5.14. The Hall–Kier alpha value is -1.85. The molecule has 3 aromatic rings. The Morgan fingerprint density at radius 2 is 2.15 bits per heavy atom. The van der Waals surface area contributed by atoms with Gasteiger partial charge in [0.2, 0.25) is 0 Å². The topological polar surface area (TPSA) is 47.7 Å². The van der Waals surface area contributed by atoms with Gasteiger partial charge in [0.25, 0.3) is 0 Å². The van der Waals surface area contributed by atoms with Crippen LogP contribution in [0.2, 0.25) is 5.02 Å². The third kappa shape index (κ3) is 2.19. The van der Waals surface area contributed by atoms with Crippen molar-refractivity contribution >= 4 is 22.6 Å². The van der Waals surface area contributed by atoms with Crippen molar-refractivity contribution in [1.29, 1.82) is 0 Å². The van der Waals surface area contributed by atoms with Crippen molar-refractivity contribution in [2.24, 2.45) is 7.05 Å². The number of imidazole rings is 1. The summed E-state index contributed by atoms with van der Waals surface area (Å²) in [4.78, 5) is 4.41. The van der Waals surface area contributed by atoms with E-state index in [9.17, 15) is 0 Å². The lowest BCUT2D eigenvalue weighted by atomic mass is 10.2. The predicted molar refractivity (Wildman–Crippen MR) is 79.8 cm³/mol. The van der Waals surface area contributed by atoms with E-state index in [-0.39, 0.29) is 6.04 Å². The summed E-state index contributed by atoms with van der Waals surface area (Å²) in [5, 5.41) is 8.17. The first-order valence-electron chi connectivity index (χ1n) is 6.45. The molecule has 0 spiro atoms. The molecule has 0 saturated heterocycles. The maximum absolute atomic E-state index is 6.23. The Morgan fingerprint density at radius 3 is 2.85 bits per heavy atom. The molecule has 0 saturated carbocycles. The first-order valence-corrected chi connectivity index (χ1v) is 6.83. The Balaban J connectivity index is 1.96. The summed E-state index contributed by atoms with van der Waals surface area (Å²) in [5.41, 5.74) is 3.09. The highest BCUT2D eigenvalue weighted by molar-refractivity contribution is 6.31. The molecule has 6 heteroatoms. The van der Waals surface area contributed by atoms with Crippen LogP contribution in [0.5, 0.6) is 0 Å². The Kier molecular flexibility index (Phi) is 3.46. The lowest BCUT2D eigenvalue weighted by molar-refractivity contribution is 0.475. The van der Waals surface area contributed by atoms with Crippen LogP contribution in [0.25, 0.3) is 11.0 Å². The quantitative estimate of drug-likeness (QED) is 0.802. The number of nitrogens with one attached hydrogen (secondary N) is 1. The molecule has 0 aliphatic heterocycles. The molecule has 20 heavy (non-hydrogen) atoms. The van der Waals surface area contributed by atoms with Crippen LogP contribution in [0.1, 0.15) is 11.7 Å². The normalized spacial score (nSPS) is 12.9. The standard InChI is InChI=1S/C14H16ClN5/c1-16-12(14-10(15)7-18-19(14)2)8-20-9-17-11-5-3-4-6-13(11)20/h3-7,9,12,16H,8H2,1-2H3. The highest BCUT2D eigenvalue weighted by Gasteiger charge is 2.18. The summed E-state index contributed by atoms with van der Waals surface area (Å²) in [7, 11) is 3.82. The van der Waals surface area contributed by atoms with Gasteiger partial charge < -0.3 is 9.88 Å². The maximum atomic E-state index is 6.23. The molecule has 0 aliphatic carbocycles. The summed E-state index contributed by atoms with van der Waals surface area (Å²) in [5.74, 6) is 0. The highest BCUT2D eigenvalue weighted by atomic mass is 35.5. The van der Waals surface area contributed by atoms with Gasteiger partial charge in [0.05, 0.1) is 40.3 Å². The van der Waals surface area contributed by atoms with Crippen LogP contribution in [0, 0.1) is 0 Å². The van der Waals surface area contributed by atoms with E-state index >= 15 is 0 Å². The minimum Gasteiger partial charge on any atom is -0.329 e. The van der Waals surface area contributed by atoms with E-state index in [1.807, 2.05) is 43.3 Å². The molecule has 1 unspecified atom stereocenters. The Labute approximate surface area is 122 Å². The van der Waals surface area contributed by atoms with E-state index in [1.165, 1.54) is 0 Å². The number of benzene rings is 1. The molecular formula is C14H16ClN5. The zero-order valence-corrected chi connectivity index (χ0v) is 12.2. The number of fused-ring (bicyclic) bond motifs is 1. The Bertz CT molecular complexity index is 711.